The normalized spacial score (nSPS) is 20.1. The highest BCUT2D eigenvalue weighted by Crippen LogP contribution is 2.21. The Morgan fingerprint density at radius 3 is 2.86 bits per heavy atom. The molecule has 0 bridgehead atoms. The lowest BCUT2D eigenvalue weighted by atomic mass is 10.0. The zero-order valence-electron chi connectivity index (χ0n) is 15.9. The summed E-state index contributed by atoms with van der Waals surface area (Å²) in [5.41, 5.74) is 2.46. The second-order valence-electron chi connectivity index (χ2n) is 7.30. The monoisotopic (exact) mass is 412 g/mol. The number of aryl methyl sites for hydroxylation is 1. The Balaban J connectivity index is 1.61. The number of halogens is 3. The van der Waals surface area contributed by atoms with Gasteiger partial charge in [-0.25, -0.2) is 4.98 Å². The maximum atomic E-state index is 12.7. The third-order valence-electron chi connectivity index (χ3n) is 5.05. The van der Waals surface area contributed by atoms with Crippen molar-refractivity contribution in [3.8, 4) is 0 Å². The molecule has 1 fully saturated rings. The molecule has 0 radical (unpaired) electrons. The van der Waals surface area contributed by atoms with Crippen LogP contribution in [0.25, 0.3) is 5.65 Å². The summed E-state index contributed by atoms with van der Waals surface area (Å²) in [6.45, 7) is 2.28. The van der Waals surface area contributed by atoms with Crippen LogP contribution < -0.4 is 5.32 Å². The minimum absolute atomic E-state index is 0.0491. The third kappa shape index (κ3) is 5.26. The second-order valence-corrected chi connectivity index (χ2v) is 7.30. The molecule has 158 valence electrons. The van der Waals surface area contributed by atoms with Crippen molar-refractivity contribution in [1.82, 2.24) is 19.6 Å². The lowest BCUT2D eigenvalue weighted by molar-refractivity contribution is -0.145. The van der Waals surface area contributed by atoms with Gasteiger partial charge in [0.2, 0.25) is 11.8 Å². The highest BCUT2D eigenvalue weighted by molar-refractivity contribution is 5.79. The maximum absolute atomic E-state index is 12.7. The number of fused-ring (bicyclic) bond motifs is 1. The van der Waals surface area contributed by atoms with Crippen molar-refractivity contribution in [2.75, 3.05) is 13.1 Å². The number of aliphatic hydroxyl groups is 1. The standard InChI is InChI=1S/C19H23F3N4O3/c1-12-3-2-7-26-13(10-23-18(12)26)9-17(29)25-8-5-15(27)14(11-25)24-16(28)4-6-19(20,21)22/h2-3,7,10,14-15,27H,4-6,8-9,11H2,1H3,(H,24,28)/t14-,15+/m1/s1. The van der Waals surface area contributed by atoms with Gasteiger partial charge in [-0.1, -0.05) is 6.07 Å². The van der Waals surface area contributed by atoms with Gasteiger partial charge in [-0.3, -0.25) is 9.59 Å². The van der Waals surface area contributed by atoms with Crippen molar-refractivity contribution < 1.29 is 27.9 Å². The Hall–Kier alpha value is -2.62. The van der Waals surface area contributed by atoms with Gasteiger partial charge in [0.1, 0.15) is 5.65 Å². The summed E-state index contributed by atoms with van der Waals surface area (Å²) in [7, 11) is 0. The molecule has 2 aromatic rings. The number of imidazole rings is 1. The summed E-state index contributed by atoms with van der Waals surface area (Å²) in [5, 5.41) is 12.5. The molecule has 7 nitrogen and oxygen atoms in total. The largest absolute Gasteiger partial charge is 0.391 e. The highest BCUT2D eigenvalue weighted by atomic mass is 19.4. The van der Waals surface area contributed by atoms with Gasteiger partial charge in [0, 0.05) is 31.9 Å². The number of carbonyl (C=O) groups is 2. The SMILES string of the molecule is Cc1cccn2c(CC(=O)N3CC[C@H](O)[C@H](NC(=O)CCC(F)(F)F)C3)cnc12. The molecule has 0 saturated carbocycles. The third-order valence-corrected chi connectivity index (χ3v) is 5.05. The number of amides is 2. The number of hydrogen-bond acceptors (Lipinski definition) is 4. The number of piperidine rings is 1. The number of hydrogen-bond donors (Lipinski definition) is 2. The van der Waals surface area contributed by atoms with Gasteiger partial charge in [-0.2, -0.15) is 13.2 Å². The van der Waals surface area contributed by atoms with E-state index in [1.165, 1.54) is 4.90 Å². The first-order valence-electron chi connectivity index (χ1n) is 9.37. The topological polar surface area (TPSA) is 86.9 Å². The van der Waals surface area contributed by atoms with Gasteiger partial charge in [-0.15, -0.1) is 0 Å². The Bertz CT molecular complexity index is 896. The summed E-state index contributed by atoms with van der Waals surface area (Å²) < 4.78 is 38.6. The van der Waals surface area contributed by atoms with Crippen LogP contribution in [-0.2, 0) is 16.0 Å². The molecule has 3 rings (SSSR count). The summed E-state index contributed by atoms with van der Waals surface area (Å²) in [6, 6.07) is 2.99. The first-order chi connectivity index (χ1) is 13.6. The van der Waals surface area contributed by atoms with Crippen molar-refractivity contribution >= 4 is 17.5 Å². The predicted molar refractivity (Wildman–Crippen MR) is 98.1 cm³/mol. The molecule has 0 unspecified atom stereocenters. The van der Waals surface area contributed by atoms with Gasteiger partial charge in [0.25, 0.3) is 0 Å². The molecule has 0 aromatic carbocycles. The van der Waals surface area contributed by atoms with Gasteiger partial charge in [0.05, 0.1) is 30.7 Å². The van der Waals surface area contributed by atoms with Crippen molar-refractivity contribution in [2.45, 2.75) is 50.9 Å². The Morgan fingerprint density at radius 1 is 1.38 bits per heavy atom. The van der Waals surface area contributed by atoms with Crippen LogP contribution >= 0.6 is 0 Å². The lowest BCUT2D eigenvalue weighted by Crippen LogP contribution is -2.56. The maximum Gasteiger partial charge on any atom is 0.389 e. The Labute approximate surface area is 165 Å². The first-order valence-corrected chi connectivity index (χ1v) is 9.37. The average Bonchev–Trinajstić information content (AvgIpc) is 3.05. The fourth-order valence-electron chi connectivity index (χ4n) is 3.44. The van der Waals surface area contributed by atoms with Crippen molar-refractivity contribution in [1.29, 1.82) is 0 Å². The minimum atomic E-state index is -4.42. The van der Waals surface area contributed by atoms with E-state index in [-0.39, 0.29) is 25.3 Å². The van der Waals surface area contributed by atoms with Crippen LogP contribution in [0.3, 0.4) is 0 Å². The van der Waals surface area contributed by atoms with E-state index in [0.717, 1.165) is 11.2 Å². The van der Waals surface area contributed by atoms with E-state index in [1.54, 1.807) is 6.20 Å². The van der Waals surface area contributed by atoms with Crippen LogP contribution in [0.1, 0.15) is 30.5 Å². The molecule has 3 heterocycles. The fraction of sp³-hybridized carbons (Fsp3) is 0.526. The van der Waals surface area contributed by atoms with E-state index >= 15 is 0 Å². The number of rotatable bonds is 5. The Kier molecular flexibility index (Phi) is 6.11. The molecule has 2 aromatic heterocycles. The Morgan fingerprint density at radius 2 is 2.14 bits per heavy atom. The van der Waals surface area contributed by atoms with Gasteiger partial charge < -0.3 is 19.7 Å². The van der Waals surface area contributed by atoms with E-state index in [1.807, 2.05) is 29.7 Å². The zero-order valence-corrected chi connectivity index (χ0v) is 15.9. The number of aromatic nitrogens is 2. The number of aliphatic hydroxyl groups excluding tert-OH is 1. The molecular weight excluding hydrogens is 389 g/mol. The van der Waals surface area contributed by atoms with E-state index in [9.17, 15) is 27.9 Å². The zero-order chi connectivity index (χ0) is 21.2. The molecule has 2 N–H and O–H groups in total. The highest BCUT2D eigenvalue weighted by Gasteiger charge is 2.33. The number of nitrogens with zero attached hydrogens (tertiary/aromatic N) is 3. The molecule has 0 spiro atoms. The van der Waals surface area contributed by atoms with Crippen molar-refractivity contribution in [3.63, 3.8) is 0 Å². The van der Waals surface area contributed by atoms with Gasteiger partial charge in [-0.05, 0) is 25.0 Å². The molecule has 29 heavy (non-hydrogen) atoms. The van der Waals surface area contributed by atoms with Crippen LogP contribution in [0.15, 0.2) is 24.5 Å². The van der Waals surface area contributed by atoms with E-state index < -0.39 is 37.1 Å². The van der Waals surface area contributed by atoms with E-state index in [0.29, 0.717) is 12.2 Å². The molecule has 2 amide bonds. The molecule has 1 aliphatic rings. The van der Waals surface area contributed by atoms with Crippen LogP contribution in [0.5, 0.6) is 0 Å². The number of carbonyl (C=O) groups excluding carboxylic acids is 2. The molecule has 0 aliphatic carbocycles. The van der Waals surface area contributed by atoms with Crippen molar-refractivity contribution in [2.24, 2.45) is 0 Å². The number of likely N-dealkylation sites (tertiary alicyclic amines) is 1. The van der Waals surface area contributed by atoms with E-state index in [4.69, 9.17) is 0 Å². The van der Waals surface area contributed by atoms with Crippen LogP contribution in [0.4, 0.5) is 13.2 Å². The van der Waals surface area contributed by atoms with Gasteiger partial charge in [0.15, 0.2) is 0 Å². The second kappa shape index (κ2) is 8.40. The molecule has 1 saturated heterocycles. The average molecular weight is 412 g/mol. The number of alkyl halides is 3. The molecule has 1 aliphatic heterocycles. The van der Waals surface area contributed by atoms with Crippen LogP contribution in [-0.4, -0.2) is 62.6 Å². The summed E-state index contributed by atoms with van der Waals surface area (Å²) in [4.78, 5) is 30.3. The molecule has 10 heteroatoms. The smallest absolute Gasteiger partial charge is 0.389 e. The first kappa shape index (κ1) is 21.1. The van der Waals surface area contributed by atoms with Crippen molar-refractivity contribution in [3.05, 3.63) is 35.8 Å². The summed E-state index contributed by atoms with van der Waals surface area (Å²) in [5.74, 6) is -0.993. The summed E-state index contributed by atoms with van der Waals surface area (Å²) in [6.07, 6.45) is -3.47. The number of nitrogens with one attached hydrogen (secondary N) is 1. The molecule has 2 atom stereocenters. The van der Waals surface area contributed by atoms with Crippen LogP contribution in [0, 0.1) is 6.92 Å². The minimum Gasteiger partial charge on any atom is -0.391 e. The predicted octanol–water partition coefficient (Wildman–Crippen LogP) is 1.61. The fourth-order valence-corrected chi connectivity index (χ4v) is 3.44. The lowest BCUT2D eigenvalue weighted by Gasteiger charge is -2.36. The summed E-state index contributed by atoms with van der Waals surface area (Å²) >= 11 is 0. The van der Waals surface area contributed by atoms with Gasteiger partial charge >= 0.3 is 6.18 Å². The van der Waals surface area contributed by atoms with Crippen LogP contribution in [0.2, 0.25) is 0 Å². The quantitative estimate of drug-likeness (QED) is 0.781. The number of pyridine rings is 1. The van der Waals surface area contributed by atoms with E-state index in [2.05, 4.69) is 10.3 Å². The molecular formula is C19H23F3N4O3.